The molecule has 0 saturated carbocycles. The minimum Gasteiger partial charge on any atom is -0.262 e. The topological polar surface area (TPSA) is 87.7 Å². The first-order chi connectivity index (χ1) is 10.1. The molecule has 1 aliphatic rings. The van der Waals surface area contributed by atoms with E-state index in [2.05, 4.69) is 19.9 Å². The average molecular weight is 306 g/mol. The second-order valence-electron chi connectivity index (χ2n) is 5.35. The molecule has 0 unspecified atom stereocenters. The molecule has 2 N–H and O–H groups in total. The van der Waals surface area contributed by atoms with Gasteiger partial charge in [0.15, 0.2) is 0 Å². The zero-order chi connectivity index (χ0) is 14.9. The molecule has 2 aromatic rings. The molecule has 3 rings (SSSR count). The molecule has 0 spiro atoms. The average Bonchev–Trinajstić information content (AvgIpc) is 3.00. The molecule has 21 heavy (non-hydrogen) atoms. The number of sulfonamides is 1. The maximum atomic E-state index is 12.5. The van der Waals surface area contributed by atoms with Gasteiger partial charge in [-0.2, -0.15) is 5.10 Å². The SMILES string of the molecule is C[C@H](NS(=O)(=O)c1ccc2c(c1)CCCC2)c1ncn[nH]1. The predicted molar refractivity (Wildman–Crippen MR) is 78.2 cm³/mol. The molecular weight excluding hydrogens is 288 g/mol. The van der Waals surface area contributed by atoms with Gasteiger partial charge in [-0.15, -0.1) is 0 Å². The number of aryl methyl sites for hydroxylation is 2. The fraction of sp³-hybridized carbons (Fsp3) is 0.429. The summed E-state index contributed by atoms with van der Waals surface area (Å²) in [5.41, 5.74) is 2.42. The van der Waals surface area contributed by atoms with E-state index in [1.807, 2.05) is 6.07 Å². The zero-order valence-electron chi connectivity index (χ0n) is 11.8. The van der Waals surface area contributed by atoms with Gasteiger partial charge in [0.1, 0.15) is 12.2 Å². The first-order valence-corrected chi connectivity index (χ1v) is 8.54. The van der Waals surface area contributed by atoms with Gasteiger partial charge >= 0.3 is 0 Å². The summed E-state index contributed by atoms with van der Waals surface area (Å²) in [5, 5.41) is 6.41. The Balaban J connectivity index is 1.84. The molecule has 0 aliphatic heterocycles. The summed E-state index contributed by atoms with van der Waals surface area (Å²) in [7, 11) is -3.56. The number of nitrogens with zero attached hydrogens (tertiary/aromatic N) is 2. The molecule has 112 valence electrons. The summed E-state index contributed by atoms with van der Waals surface area (Å²) in [6, 6.07) is 4.96. The van der Waals surface area contributed by atoms with Crippen molar-refractivity contribution in [3.05, 3.63) is 41.5 Å². The van der Waals surface area contributed by atoms with E-state index >= 15 is 0 Å². The second-order valence-corrected chi connectivity index (χ2v) is 7.07. The first-order valence-electron chi connectivity index (χ1n) is 7.06. The van der Waals surface area contributed by atoms with Crippen LogP contribution in [0.1, 0.15) is 42.8 Å². The highest BCUT2D eigenvalue weighted by Crippen LogP contribution is 2.24. The molecular formula is C14H18N4O2S. The van der Waals surface area contributed by atoms with Gasteiger partial charge in [0, 0.05) is 0 Å². The standard InChI is InChI=1S/C14H18N4O2S/c1-10(14-15-9-16-17-14)18-21(19,20)13-7-6-11-4-2-3-5-12(11)8-13/h6-10,18H,2-5H2,1H3,(H,15,16,17)/t10-/m0/s1. The van der Waals surface area contributed by atoms with Crippen LogP contribution in [0.25, 0.3) is 0 Å². The number of benzene rings is 1. The molecule has 6 nitrogen and oxygen atoms in total. The summed E-state index contributed by atoms with van der Waals surface area (Å²) in [5.74, 6) is 0.497. The number of H-pyrrole nitrogens is 1. The number of aromatic nitrogens is 3. The van der Waals surface area contributed by atoms with Gasteiger partial charge in [-0.05, 0) is 55.9 Å². The molecule has 7 heteroatoms. The Morgan fingerprint density at radius 3 is 2.71 bits per heavy atom. The molecule has 0 fully saturated rings. The van der Waals surface area contributed by atoms with Crippen LogP contribution in [0.15, 0.2) is 29.4 Å². The molecule has 0 radical (unpaired) electrons. The number of nitrogens with one attached hydrogen (secondary N) is 2. The van der Waals surface area contributed by atoms with Crippen LogP contribution in [0, 0.1) is 0 Å². The zero-order valence-corrected chi connectivity index (χ0v) is 12.7. The van der Waals surface area contributed by atoms with Gasteiger partial charge in [-0.3, -0.25) is 5.10 Å². The van der Waals surface area contributed by atoms with Gasteiger partial charge in [0.2, 0.25) is 10.0 Å². The van der Waals surface area contributed by atoms with Crippen LogP contribution in [-0.4, -0.2) is 23.6 Å². The van der Waals surface area contributed by atoms with Crippen LogP contribution in [0.5, 0.6) is 0 Å². The second kappa shape index (κ2) is 5.57. The molecule has 0 saturated heterocycles. The quantitative estimate of drug-likeness (QED) is 0.900. The van der Waals surface area contributed by atoms with Gasteiger partial charge in [0.05, 0.1) is 10.9 Å². The first kappa shape index (κ1) is 14.2. The Kier molecular flexibility index (Phi) is 3.77. The maximum Gasteiger partial charge on any atom is 0.241 e. The number of fused-ring (bicyclic) bond motifs is 1. The van der Waals surface area contributed by atoms with Crippen molar-refractivity contribution < 1.29 is 8.42 Å². The molecule has 1 heterocycles. The van der Waals surface area contributed by atoms with E-state index in [1.165, 1.54) is 18.3 Å². The molecule has 1 aromatic heterocycles. The van der Waals surface area contributed by atoms with E-state index in [-0.39, 0.29) is 0 Å². The Morgan fingerprint density at radius 1 is 1.24 bits per heavy atom. The molecule has 0 amide bonds. The minimum atomic E-state index is -3.56. The molecule has 1 atom stereocenters. The lowest BCUT2D eigenvalue weighted by Crippen LogP contribution is -2.27. The Morgan fingerprint density at radius 2 is 2.00 bits per heavy atom. The fourth-order valence-electron chi connectivity index (χ4n) is 2.66. The highest BCUT2D eigenvalue weighted by Gasteiger charge is 2.21. The Bertz CT molecular complexity index is 725. The highest BCUT2D eigenvalue weighted by atomic mass is 32.2. The van der Waals surface area contributed by atoms with E-state index in [0.717, 1.165) is 24.8 Å². The van der Waals surface area contributed by atoms with Gasteiger partial charge in [0.25, 0.3) is 0 Å². The minimum absolute atomic E-state index is 0.314. The van der Waals surface area contributed by atoms with E-state index in [0.29, 0.717) is 10.7 Å². The summed E-state index contributed by atoms with van der Waals surface area (Å²) in [4.78, 5) is 4.28. The van der Waals surface area contributed by atoms with Crippen LogP contribution >= 0.6 is 0 Å². The lowest BCUT2D eigenvalue weighted by atomic mass is 9.92. The van der Waals surface area contributed by atoms with E-state index in [4.69, 9.17) is 0 Å². The van der Waals surface area contributed by atoms with Crippen molar-refractivity contribution in [3.63, 3.8) is 0 Å². The Labute approximate surface area is 124 Å². The van der Waals surface area contributed by atoms with Crippen LogP contribution in [0.4, 0.5) is 0 Å². The van der Waals surface area contributed by atoms with Crippen molar-refractivity contribution in [2.45, 2.75) is 43.5 Å². The number of aromatic amines is 1. The van der Waals surface area contributed by atoms with Crippen LogP contribution in [0.2, 0.25) is 0 Å². The third-order valence-electron chi connectivity index (χ3n) is 3.81. The van der Waals surface area contributed by atoms with E-state index in [1.54, 1.807) is 19.1 Å². The smallest absolute Gasteiger partial charge is 0.241 e. The van der Waals surface area contributed by atoms with Crippen LogP contribution in [0.3, 0.4) is 0 Å². The lowest BCUT2D eigenvalue weighted by molar-refractivity contribution is 0.560. The van der Waals surface area contributed by atoms with Gasteiger partial charge < -0.3 is 0 Å². The summed E-state index contributed by atoms with van der Waals surface area (Å²) >= 11 is 0. The van der Waals surface area contributed by atoms with Crippen molar-refractivity contribution in [1.82, 2.24) is 19.9 Å². The predicted octanol–water partition coefficient (Wildman–Crippen LogP) is 1.72. The molecule has 1 aliphatic carbocycles. The molecule has 1 aromatic carbocycles. The highest BCUT2D eigenvalue weighted by molar-refractivity contribution is 7.89. The normalized spacial score (nSPS) is 16.4. The van der Waals surface area contributed by atoms with Crippen molar-refractivity contribution >= 4 is 10.0 Å². The largest absolute Gasteiger partial charge is 0.262 e. The molecule has 0 bridgehead atoms. The summed E-state index contributed by atoms with van der Waals surface area (Å²) < 4.78 is 27.5. The number of hydrogen-bond donors (Lipinski definition) is 2. The third-order valence-corrected chi connectivity index (χ3v) is 5.34. The summed E-state index contributed by atoms with van der Waals surface area (Å²) in [6.45, 7) is 1.73. The number of hydrogen-bond acceptors (Lipinski definition) is 4. The maximum absolute atomic E-state index is 12.5. The fourth-order valence-corrected chi connectivity index (χ4v) is 3.91. The monoisotopic (exact) mass is 306 g/mol. The van der Waals surface area contributed by atoms with Crippen molar-refractivity contribution in [1.29, 1.82) is 0 Å². The lowest BCUT2D eigenvalue weighted by Gasteiger charge is -2.17. The van der Waals surface area contributed by atoms with Crippen molar-refractivity contribution in [2.75, 3.05) is 0 Å². The third kappa shape index (κ3) is 2.98. The van der Waals surface area contributed by atoms with Crippen molar-refractivity contribution in [3.8, 4) is 0 Å². The Hall–Kier alpha value is -1.73. The van der Waals surface area contributed by atoms with Crippen LogP contribution < -0.4 is 4.72 Å². The van der Waals surface area contributed by atoms with Gasteiger partial charge in [-0.25, -0.2) is 18.1 Å². The van der Waals surface area contributed by atoms with Crippen LogP contribution in [-0.2, 0) is 22.9 Å². The van der Waals surface area contributed by atoms with E-state index < -0.39 is 16.1 Å². The van der Waals surface area contributed by atoms with E-state index in [9.17, 15) is 8.42 Å². The summed E-state index contributed by atoms with van der Waals surface area (Å²) in [6.07, 6.45) is 5.66. The van der Waals surface area contributed by atoms with Crippen molar-refractivity contribution in [2.24, 2.45) is 0 Å². The van der Waals surface area contributed by atoms with Gasteiger partial charge in [-0.1, -0.05) is 6.07 Å². The number of rotatable bonds is 4.